The molecule has 39 heavy (non-hydrogen) atoms. The van der Waals surface area contributed by atoms with Gasteiger partial charge < -0.3 is 14.2 Å². The van der Waals surface area contributed by atoms with Crippen LogP contribution < -0.4 is 19.6 Å². The van der Waals surface area contributed by atoms with Crippen LogP contribution in [0.3, 0.4) is 0 Å². The minimum Gasteiger partial charge on any atom is -0.493 e. The summed E-state index contributed by atoms with van der Waals surface area (Å²) in [5.74, 6) is 0.457. The van der Waals surface area contributed by atoms with Gasteiger partial charge in [0.25, 0.3) is 5.91 Å². The van der Waals surface area contributed by atoms with E-state index in [0.717, 1.165) is 11.3 Å². The average Bonchev–Trinajstić information content (AvgIpc) is 3.37. The van der Waals surface area contributed by atoms with Crippen molar-refractivity contribution in [1.29, 1.82) is 0 Å². The molecule has 0 saturated heterocycles. The molecule has 13 heteroatoms. The Hall–Kier alpha value is -4.42. The number of amides is 1. The predicted octanol–water partition coefficient (Wildman–Crippen LogP) is 4.17. The summed E-state index contributed by atoms with van der Waals surface area (Å²) in [4.78, 5) is 28.0. The molecule has 0 bridgehead atoms. The van der Waals surface area contributed by atoms with Crippen LogP contribution in [0.15, 0.2) is 71.2 Å². The maximum atomic E-state index is 12.6. The van der Waals surface area contributed by atoms with Gasteiger partial charge in [0.15, 0.2) is 22.5 Å². The number of hydrogen-bond donors (Lipinski definition) is 1. The van der Waals surface area contributed by atoms with Crippen LogP contribution in [-0.2, 0) is 9.59 Å². The van der Waals surface area contributed by atoms with Gasteiger partial charge in [-0.25, -0.2) is 5.43 Å². The molecule has 0 aliphatic rings. The van der Waals surface area contributed by atoms with Crippen LogP contribution in [0.2, 0.25) is 5.02 Å². The van der Waals surface area contributed by atoms with Crippen molar-refractivity contribution in [2.24, 2.45) is 5.10 Å². The van der Waals surface area contributed by atoms with Gasteiger partial charge in [-0.15, -0.1) is 10.2 Å². The highest BCUT2D eigenvalue weighted by Gasteiger charge is 2.18. The normalized spacial score (nSPS) is 10.9. The van der Waals surface area contributed by atoms with Crippen LogP contribution in [0.25, 0.3) is 17.1 Å². The van der Waals surface area contributed by atoms with E-state index in [0.29, 0.717) is 21.6 Å². The number of ether oxygens (including phenoxy) is 3. The first-order valence-electron chi connectivity index (χ1n) is 11.4. The zero-order valence-corrected chi connectivity index (χ0v) is 22.7. The number of nitrogens with one attached hydrogen (secondary N) is 1. The molecule has 0 aliphatic heterocycles. The summed E-state index contributed by atoms with van der Waals surface area (Å²) in [6, 6.07) is 14.1. The predicted molar refractivity (Wildman–Crippen MR) is 147 cm³/mol. The molecule has 4 rings (SSSR count). The number of benzene rings is 2. The zero-order valence-electron chi connectivity index (χ0n) is 21.1. The lowest BCUT2D eigenvalue weighted by Gasteiger charge is -2.13. The largest absolute Gasteiger partial charge is 0.493 e. The summed E-state index contributed by atoms with van der Waals surface area (Å²) in [6.45, 7) is 1.28. The minimum absolute atomic E-state index is 0.0252. The number of hydrazone groups is 1. The van der Waals surface area contributed by atoms with E-state index in [1.807, 2.05) is 28.8 Å². The number of halogens is 1. The van der Waals surface area contributed by atoms with E-state index in [4.69, 9.17) is 25.8 Å². The van der Waals surface area contributed by atoms with Crippen molar-refractivity contribution < 1.29 is 23.8 Å². The third kappa shape index (κ3) is 6.92. The van der Waals surface area contributed by atoms with Gasteiger partial charge in [0, 0.05) is 41.2 Å². The Balaban J connectivity index is 1.47. The van der Waals surface area contributed by atoms with Crippen molar-refractivity contribution in [1.82, 2.24) is 25.2 Å². The maximum absolute atomic E-state index is 12.6. The highest BCUT2D eigenvalue weighted by atomic mass is 35.5. The summed E-state index contributed by atoms with van der Waals surface area (Å²) in [5.41, 5.74) is 4.65. The van der Waals surface area contributed by atoms with E-state index >= 15 is 0 Å². The first-order chi connectivity index (χ1) is 18.9. The van der Waals surface area contributed by atoms with Gasteiger partial charge in [-0.05, 0) is 48.5 Å². The highest BCUT2D eigenvalue weighted by molar-refractivity contribution is 7.99. The fourth-order valence-electron chi connectivity index (χ4n) is 3.43. The van der Waals surface area contributed by atoms with Gasteiger partial charge in [0.2, 0.25) is 5.75 Å². The lowest BCUT2D eigenvalue weighted by atomic mass is 10.2. The summed E-state index contributed by atoms with van der Waals surface area (Å²) < 4.78 is 17.6. The molecule has 0 saturated carbocycles. The van der Waals surface area contributed by atoms with Crippen LogP contribution in [0.1, 0.15) is 12.5 Å². The average molecular weight is 567 g/mol. The molecule has 2 heterocycles. The Kier molecular flexibility index (Phi) is 9.13. The number of carbonyl (C=O) groups is 2. The Morgan fingerprint density at radius 3 is 2.33 bits per heavy atom. The molecule has 0 spiro atoms. The molecule has 4 aromatic rings. The Bertz CT molecular complexity index is 1470. The van der Waals surface area contributed by atoms with Gasteiger partial charge in [0.1, 0.15) is 0 Å². The number of aromatic nitrogens is 4. The molecule has 2 aromatic carbocycles. The van der Waals surface area contributed by atoms with E-state index in [1.54, 1.807) is 36.7 Å². The summed E-state index contributed by atoms with van der Waals surface area (Å²) in [5, 5.41) is 13.8. The molecule has 200 valence electrons. The standard InChI is InChI=1S/C26H23ClN6O5S/c1-16(34)38-24-21(36-2)12-17(13-22(24)37-3)14-29-30-23(35)15-39-26-32-31-25(18-8-10-28-11-9-18)33(26)20-6-4-19(27)5-7-20/h4-14H,15H2,1-3H3,(H,30,35). The van der Waals surface area contributed by atoms with Crippen LogP contribution in [0.5, 0.6) is 17.2 Å². The summed E-state index contributed by atoms with van der Waals surface area (Å²) in [6.07, 6.45) is 4.76. The molecule has 0 radical (unpaired) electrons. The molecule has 0 fully saturated rings. The Morgan fingerprint density at radius 2 is 1.72 bits per heavy atom. The molecule has 1 amide bonds. The van der Waals surface area contributed by atoms with Crippen molar-refractivity contribution in [3.8, 4) is 34.3 Å². The van der Waals surface area contributed by atoms with Gasteiger partial charge in [-0.3, -0.25) is 19.1 Å². The lowest BCUT2D eigenvalue weighted by molar-refractivity contribution is -0.132. The van der Waals surface area contributed by atoms with Gasteiger partial charge in [-0.1, -0.05) is 23.4 Å². The Labute approximate surface area is 233 Å². The molecule has 11 nitrogen and oxygen atoms in total. The number of thioether (sulfide) groups is 1. The molecule has 0 aliphatic carbocycles. The highest BCUT2D eigenvalue weighted by Crippen LogP contribution is 2.38. The number of pyridine rings is 1. The third-order valence-corrected chi connectivity index (χ3v) is 6.30. The molecular weight excluding hydrogens is 544 g/mol. The number of hydrogen-bond acceptors (Lipinski definition) is 10. The molecule has 2 aromatic heterocycles. The quantitative estimate of drug-likeness (QED) is 0.0988. The second-order valence-electron chi connectivity index (χ2n) is 7.78. The lowest BCUT2D eigenvalue weighted by Crippen LogP contribution is -2.20. The summed E-state index contributed by atoms with van der Waals surface area (Å²) >= 11 is 7.27. The fourth-order valence-corrected chi connectivity index (χ4v) is 4.30. The van der Waals surface area contributed by atoms with Gasteiger partial charge in [0.05, 0.1) is 26.2 Å². The monoisotopic (exact) mass is 566 g/mol. The van der Waals surface area contributed by atoms with E-state index in [1.165, 1.54) is 39.1 Å². The first-order valence-corrected chi connectivity index (χ1v) is 12.8. The van der Waals surface area contributed by atoms with Gasteiger partial charge >= 0.3 is 5.97 Å². The smallest absolute Gasteiger partial charge is 0.308 e. The van der Waals surface area contributed by atoms with E-state index in [-0.39, 0.29) is 28.9 Å². The van der Waals surface area contributed by atoms with Crippen molar-refractivity contribution in [3.63, 3.8) is 0 Å². The molecule has 1 N–H and O–H groups in total. The maximum Gasteiger partial charge on any atom is 0.308 e. The van der Waals surface area contributed by atoms with Crippen LogP contribution in [-0.4, -0.2) is 57.8 Å². The van der Waals surface area contributed by atoms with E-state index < -0.39 is 5.97 Å². The zero-order chi connectivity index (χ0) is 27.8. The number of esters is 1. The number of methoxy groups -OCH3 is 2. The number of carbonyl (C=O) groups excluding carboxylic acids is 2. The topological polar surface area (TPSA) is 130 Å². The van der Waals surface area contributed by atoms with E-state index in [2.05, 4.69) is 25.7 Å². The first kappa shape index (κ1) is 27.6. The second kappa shape index (κ2) is 12.9. The third-order valence-electron chi connectivity index (χ3n) is 5.12. The molecule has 0 atom stereocenters. The Morgan fingerprint density at radius 1 is 1.05 bits per heavy atom. The van der Waals surface area contributed by atoms with Crippen LogP contribution in [0.4, 0.5) is 0 Å². The minimum atomic E-state index is -0.516. The summed E-state index contributed by atoms with van der Waals surface area (Å²) in [7, 11) is 2.87. The SMILES string of the molecule is COc1cc(C=NNC(=O)CSc2nnc(-c3ccncc3)n2-c2ccc(Cl)cc2)cc(OC)c1OC(C)=O. The molecule has 0 unspecified atom stereocenters. The molecular formula is C26H23ClN6O5S. The van der Waals surface area contributed by atoms with E-state index in [9.17, 15) is 9.59 Å². The van der Waals surface area contributed by atoms with Crippen molar-refractivity contribution in [3.05, 3.63) is 71.5 Å². The van der Waals surface area contributed by atoms with Crippen LogP contribution >= 0.6 is 23.4 Å². The number of rotatable bonds is 10. The van der Waals surface area contributed by atoms with Crippen molar-refractivity contribution in [2.75, 3.05) is 20.0 Å². The van der Waals surface area contributed by atoms with Crippen molar-refractivity contribution >= 4 is 41.5 Å². The second-order valence-corrected chi connectivity index (χ2v) is 9.16. The van der Waals surface area contributed by atoms with Gasteiger partial charge in [-0.2, -0.15) is 5.10 Å². The van der Waals surface area contributed by atoms with Crippen LogP contribution in [0, 0.1) is 0 Å². The fraction of sp³-hybridized carbons (Fsp3) is 0.154. The number of nitrogens with zero attached hydrogens (tertiary/aromatic N) is 5. The van der Waals surface area contributed by atoms with Crippen molar-refractivity contribution in [2.45, 2.75) is 12.1 Å².